The van der Waals surface area contributed by atoms with Crippen LogP contribution in [-0.4, -0.2) is 36.8 Å². The highest BCUT2D eigenvalue weighted by Crippen LogP contribution is 2.41. The molecule has 1 saturated heterocycles. The normalized spacial score (nSPS) is 22.6. The lowest BCUT2D eigenvalue weighted by atomic mass is 9.96. The summed E-state index contributed by atoms with van der Waals surface area (Å²) in [7, 11) is -3.21. The summed E-state index contributed by atoms with van der Waals surface area (Å²) in [5.74, 6) is -0.445. The molecule has 0 aliphatic carbocycles. The predicted molar refractivity (Wildman–Crippen MR) is 113 cm³/mol. The molecule has 30 heavy (non-hydrogen) atoms. The fourth-order valence-corrected chi connectivity index (χ4v) is 6.28. The number of aryl methyl sites for hydroxylation is 1. The van der Waals surface area contributed by atoms with E-state index in [0.29, 0.717) is 23.0 Å². The van der Waals surface area contributed by atoms with E-state index in [1.165, 1.54) is 0 Å². The Balaban J connectivity index is 1.74. The molecule has 154 valence electrons. The van der Waals surface area contributed by atoms with Crippen LogP contribution in [0, 0.1) is 0 Å². The summed E-state index contributed by atoms with van der Waals surface area (Å²) in [6, 6.07) is 13.5. The van der Waals surface area contributed by atoms with Gasteiger partial charge >= 0.3 is 0 Å². The van der Waals surface area contributed by atoms with Gasteiger partial charge in [0.25, 0.3) is 5.91 Å². The van der Waals surface area contributed by atoms with E-state index in [9.17, 15) is 18.0 Å². The fraction of sp³-hybridized carbons (Fsp3) is 0.304. The van der Waals surface area contributed by atoms with Gasteiger partial charge in [0.15, 0.2) is 15.3 Å². The van der Waals surface area contributed by atoms with Crippen molar-refractivity contribution in [3.8, 4) is 0 Å². The van der Waals surface area contributed by atoms with Gasteiger partial charge in [0.2, 0.25) is 5.76 Å². The molecule has 1 amide bonds. The number of nitrogens with zero attached hydrogens (tertiary/aromatic N) is 1. The molecule has 2 aliphatic heterocycles. The van der Waals surface area contributed by atoms with E-state index in [1.54, 1.807) is 29.2 Å². The quantitative estimate of drug-likeness (QED) is 0.646. The number of carbonyl (C=O) groups excluding carboxylic acids is 1. The fourth-order valence-electron chi connectivity index (χ4n) is 4.57. The molecule has 1 fully saturated rings. The number of rotatable bonds is 3. The van der Waals surface area contributed by atoms with Gasteiger partial charge in [-0.2, -0.15) is 0 Å². The Morgan fingerprint density at radius 1 is 1.07 bits per heavy atom. The zero-order chi connectivity index (χ0) is 21.0. The third-order valence-corrected chi connectivity index (χ3v) is 7.87. The van der Waals surface area contributed by atoms with Gasteiger partial charge < -0.3 is 9.32 Å². The number of amides is 1. The van der Waals surface area contributed by atoms with Crippen molar-refractivity contribution >= 4 is 26.7 Å². The van der Waals surface area contributed by atoms with E-state index in [0.717, 1.165) is 17.5 Å². The van der Waals surface area contributed by atoms with Crippen molar-refractivity contribution in [2.75, 3.05) is 11.5 Å². The second-order valence-electron chi connectivity index (χ2n) is 7.94. The highest BCUT2D eigenvalue weighted by Gasteiger charge is 2.48. The Morgan fingerprint density at radius 3 is 2.47 bits per heavy atom. The first-order valence-corrected chi connectivity index (χ1v) is 11.9. The van der Waals surface area contributed by atoms with Crippen molar-refractivity contribution in [3.05, 3.63) is 81.2 Å². The Labute approximate surface area is 174 Å². The van der Waals surface area contributed by atoms with E-state index in [1.807, 2.05) is 24.3 Å². The summed E-state index contributed by atoms with van der Waals surface area (Å²) in [5, 5.41) is 0.417. The van der Waals surface area contributed by atoms with Crippen molar-refractivity contribution in [2.45, 2.75) is 31.8 Å². The number of benzene rings is 2. The second kappa shape index (κ2) is 6.80. The number of hydrogen-bond acceptors (Lipinski definition) is 5. The summed E-state index contributed by atoms with van der Waals surface area (Å²) in [4.78, 5) is 28.4. The van der Waals surface area contributed by atoms with Crippen LogP contribution in [0.1, 0.15) is 46.6 Å². The van der Waals surface area contributed by atoms with Crippen LogP contribution in [0.25, 0.3) is 11.0 Å². The summed E-state index contributed by atoms with van der Waals surface area (Å²) in [5.41, 5.74) is 2.34. The molecule has 2 atom stereocenters. The van der Waals surface area contributed by atoms with Crippen molar-refractivity contribution in [1.82, 2.24) is 4.90 Å². The van der Waals surface area contributed by atoms with Crippen LogP contribution >= 0.6 is 0 Å². The SMILES string of the molecule is CCc1ccc([C@@H]2c3c(oc4ccccc4c3=O)C(=O)N2[C@H]2CCS(=O)(=O)C2)cc1. The highest BCUT2D eigenvalue weighted by atomic mass is 32.2. The number of hydrogen-bond donors (Lipinski definition) is 0. The number of para-hydroxylation sites is 1. The lowest BCUT2D eigenvalue weighted by molar-refractivity contribution is 0.0662. The Bertz CT molecular complexity index is 1320. The molecule has 3 heterocycles. The van der Waals surface area contributed by atoms with Gasteiger partial charge in [-0.25, -0.2) is 8.42 Å². The lowest BCUT2D eigenvalue weighted by Crippen LogP contribution is -2.40. The molecule has 6 nitrogen and oxygen atoms in total. The van der Waals surface area contributed by atoms with E-state index in [-0.39, 0.29) is 22.7 Å². The van der Waals surface area contributed by atoms with Gasteiger partial charge in [-0.05, 0) is 36.1 Å². The molecule has 0 bridgehead atoms. The largest absolute Gasteiger partial charge is 0.450 e. The van der Waals surface area contributed by atoms with Gasteiger partial charge in [-0.15, -0.1) is 0 Å². The molecule has 7 heteroatoms. The zero-order valence-corrected chi connectivity index (χ0v) is 17.3. The monoisotopic (exact) mass is 423 g/mol. The summed E-state index contributed by atoms with van der Waals surface area (Å²) in [6.07, 6.45) is 1.23. The Kier molecular flexibility index (Phi) is 4.32. The maximum absolute atomic E-state index is 13.4. The first-order valence-electron chi connectivity index (χ1n) is 10.1. The molecule has 2 aliphatic rings. The predicted octanol–water partition coefficient (Wildman–Crippen LogP) is 3.09. The Morgan fingerprint density at radius 2 is 1.80 bits per heavy atom. The molecule has 2 aromatic carbocycles. The van der Waals surface area contributed by atoms with Gasteiger partial charge in [0.05, 0.1) is 28.5 Å². The lowest BCUT2D eigenvalue weighted by Gasteiger charge is -2.30. The third kappa shape index (κ3) is 2.88. The van der Waals surface area contributed by atoms with Crippen molar-refractivity contribution in [2.24, 2.45) is 0 Å². The average Bonchev–Trinajstić information content (AvgIpc) is 3.25. The van der Waals surface area contributed by atoms with E-state index >= 15 is 0 Å². The molecule has 5 rings (SSSR count). The van der Waals surface area contributed by atoms with E-state index in [4.69, 9.17) is 4.42 Å². The van der Waals surface area contributed by atoms with Crippen molar-refractivity contribution < 1.29 is 17.6 Å². The second-order valence-corrected chi connectivity index (χ2v) is 10.2. The first-order chi connectivity index (χ1) is 14.4. The van der Waals surface area contributed by atoms with Crippen LogP contribution < -0.4 is 5.43 Å². The van der Waals surface area contributed by atoms with Crippen LogP contribution in [0.15, 0.2) is 57.7 Å². The van der Waals surface area contributed by atoms with Gasteiger partial charge in [-0.3, -0.25) is 9.59 Å². The van der Waals surface area contributed by atoms with Gasteiger partial charge in [-0.1, -0.05) is 43.3 Å². The molecule has 0 spiro atoms. The number of sulfone groups is 1. The topological polar surface area (TPSA) is 84.7 Å². The number of fused-ring (bicyclic) bond motifs is 2. The minimum atomic E-state index is -3.21. The summed E-state index contributed by atoms with van der Waals surface area (Å²) >= 11 is 0. The van der Waals surface area contributed by atoms with Crippen LogP contribution in [0.5, 0.6) is 0 Å². The van der Waals surface area contributed by atoms with Crippen LogP contribution in [-0.2, 0) is 16.3 Å². The molecule has 0 saturated carbocycles. The first kappa shape index (κ1) is 19.1. The molecule has 1 aromatic heterocycles. The maximum Gasteiger partial charge on any atom is 0.291 e. The molecule has 3 aromatic rings. The Hall–Kier alpha value is -2.93. The molecular formula is C23H21NO5S. The highest BCUT2D eigenvalue weighted by molar-refractivity contribution is 7.91. The summed E-state index contributed by atoms with van der Waals surface area (Å²) < 4.78 is 30.2. The van der Waals surface area contributed by atoms with Gasteiger partial charge in [0.1, 0.15) is 5.58 Å². The minimum Gasteiger partial charge on any atom is -0.450 e. The average molecular weight is 423 g/mol. The zero-order valence-electron chi connectivity index (χ0n) is 16.5. The molecular weight excluding hydrogens is 402 g/mol. The van der Waals surface area contributed by atoms with Crippen LogP contribution in [0.4, 0.5) is 0 Å². The molecule has 0 radical (unpaired) electrons. The minimum absolute atomic E-state index is 0.0209. The maximum atomic E-state index is 13.4. The van der Waals surface area contributed by atoms with E-state index < -0.39 is 27.8 Å². The smallest absolute Gasteiger partial charge is 0.291 e. The number of carbonyl (C=O) groups is 1. The van der Waals surface area contributed by atoms with E-state index in [2.05, 4.69) is 6.92 Å². The van der Waals surface area contributed by atoms with Crippen molar-refractivity contribution in [3.63, 3.8) is 0 Å². The third-order valence-electron chi connectivity index (χ3n) is 6.12. The summed E-state index contributed by atoms with van der Waals surface area (Å²) in [6.45, 7) is 2.06. The standard InChI is InChI=1S/C23H21NO5S/c1-2-14-7-9-15(10-8-14)20-19-21(25)17-5-3-4-6-18(17)29-22(19)23(26)24(20)16-11-12-30(27,28)13-16/h3-10,16,20H,2,11-13H2,1H3/t16-,20+/m0/s1. The molecule has 0 N–H and O–H groups in total. The van der Waals surface area contributed by atoms with Gasteiger partial charge in [0, 0.05) is 6.04 Å². The van der Waals surface area contributed by atoms with Crippen LogP contribution in [0.3, 0.4) is 0 Å². The van der Waals surface area contributed by atoms with Crippen LogP contribution in [0.2, 0.25) is 0 Å². The molecule has 0 unspecified atom stereocenters. The van der Waals surface area contributed by atoms with Crippen molar-refractivity contribution in [1.29, 1.82) is 0 Å².